The number of aromatic nitrogens is 4. The van der Waals surface area contributed by atoms with Gasteiger partial charge in [-0.25, -0.2) is 9.97 Å². The minimum Gasteiger partial charge on any atom is -0.492 e. The Morgan fingerprint density at radius 2 is 1.79 bits per heavy atom. The van der Waals surface area contributed by atoms with Crippen LogP contribution in [-0.2, 0) is 0 Å². The average molecular weight is 551 g/mol. The van der Waals surface area contributed by atoms with Gasteiger partial charge in [-0.1, -0.05) is 18.2 Å². The lowest BCUT2D eigenvalue weighted by atomic mass is 9.88. The Morgan fingerprint density at radius 1 is 1.03 bits per heavy atom. The molecule has 3 heterocycles. The highest BCUT2D eigenvalue weighted by atomic mass is 32.1. The molecule has 11 heteroatoms. The summed E-state index contributed by atoms with van der Waals surface area (Å²) in [6.07, 6.45) is -0.0234. The number of aliphatic hydroxyl groups excluding tert-OH is 2. The molecule has 0 amide bonds. The molecule has 0 bridgehead atoms. The summed E-state index contributed by atoms with van der Waals surface area (Å²) >= 11 is 1.52. The van der Waals surface area contributed by atoms with Crippen molar-refractivity contribution in [3.63, 3.8) is 0 Å². The second-order valence-electron chi connectivity index (χ2n) is 10.4. The zero-order valence-corrected chi connectivity index (χ0v) is 23.2. The summed E-state index contributed by atoms with van der Waals surface area (Å²) in [5.74, 6) is 1.18. The van der Waals surface area contributed by atoms with Crippen LogP contribution in [-0.4, -0.2) is 72.3 Å². The van der Waals surface area contributed by atoms with Crippen LogP contribution in [0.3, 0.4) is 0 Å². The minimum atomic E-state index is -1.15. The summed E-state index contributed by atoms with van der Waals surface area (Å²) < 4.78 is 6.77. The Balaban J connectivity index is 1.44. The Hall–Kier alpha value is -3.38. The zero-order chi connectivity index (χ0) is 27.7. The maximum Gasteiger partial charge on any atom is 0.225 e. The number of aryl methyl sites for hydroxylation is 2. The average Bonchev–Trinajstić information content (AvgIpc) is 3.44. The van der Waals surface area contributed by atoms with E-state index in [0.29, 0.717) is 37.0 Å². The number of pyridine rings is 1. The number of fused-ring (bicyclic) bond motifs is 1. The molecular formula is C28H34N6O4S. The number of hydrogen-bond donors (Lipinski definition) is 5. The van der Waals surface area contributed by atoms with E-state index >= 15 is 0 Å². The third-order valence-corrected chi connectivity index (χ3v) is 8.14. The molecule has 1 aromatic carbocycles. The summed E-state index contributed by atoms with van der Waals surface area (Å²) in [5.41, 5.74) is 1.93. The van der Waals surface area contributed by atoms with Gasteiger partial charge < -0.3 is 30.7 Å². The Bertz CT molecular complexity index is 1440. The van der Waals surface area contributed by atoms with Gasteiger partial charge in [-0.2, -0.15) is 4.98 Å². The third-order valence-electron chi connectivity index (χ3n) is 7.10. The molecule has 1 saturated carbocycles. The van der Waals surface area contributed by atoms with E-state index in [1.165, 1.54) is 11.3 Å². The monoisotopic (exact) mass is 550 g/mol. The topological polar surface area (TPSA) is 146 Å². The number of hydrogen-bond acceptors (Lipinski definition) is 11. The van der Waals surface area contributed by atoms with E-state index in [4.69, 9.17) is 19.7 Å². The molecule has 1 fully saturated rings. The standard InChI is InChI=1S/C28H34N6O4S/c1-15-21(26-33-22-16(2)29-11-10-20(22)39-26)25(32-19-14-18(28(3,4)37)23(35)24(19)36)34-27(31-15)30-12-13-38-17-8-6-5-7-9-17/h5-11,18-19,23-24,35-37H,12-14H2,1-4H3,(H2,30,31,32,34)/t18-,19?,23+,24-/m0/s1. The van der Waals surface area contributed by atoms with E-state index in [1.54, 1.807) is 20.0 Å². The van der Waals surface area contributed by atoms with Crippen molar-refractivity contribution >= 4 is 33.3 Å². The Kier molecular flexibility index (Phi) is 7.68. The Morgan fingerprint density at radius 3 is 2.49 bits per heavy atom. The van der Waals surface area contributed by atoms with E-state index in [1.807, 2.05) is 50.2 Å². The second kappa shape index (κ2) is 11.0. The van der Waals surface area contributed by atoms with Crippen molar-refractivity contribution in [1.29, 1.82) is 0 Å². The van der Waals surface area contributed by atoms with E-state index in [-0.39, 0.29) is 0 Å². The van der Waals surface area contributed by atoms with Gasteiger partial charge in [0.05, 0.1) is 45.9 Å². The number of anilines is 2. The summed E-state index contributed by atoms with van der Waals surface area (Å²) in [5, 5.41) is 39.4. The highest BCUT2D eigenvalue weighted by Crippen LogP contribution is 2.40. The van der Waals surface area contributed by atoms with Crippen molar-refractivity contribution < 1.29 is 20.1 Å². The number of aliphatic hydroxyl groups is 3. The SMILES string of the molecule is Cc1nc(NCCOc2ccccc2)nc(NC2C[C@H](C(C)(C)O)[C@@H](O)[C@H]2O)c1-c1nc2c(C)nccc2s1. The highest BCUT2D eigenvalue weighted by Gasteiger charge is 2.48. The molecule has 0 saturated heterocycles. The highest BCUT2D eigenvalue weighted by molar-refractivity contribution is 7.21. The van der Waals surface area contributed by atoms with Crippen LogP contribution >= 0.6 is 11.3 Å². The second-order valence-corrected chi connectivity index (χ2v) is 11.5. The van der Waals surface area contributed by atoms with Crippen LogP contribution in [0.5, 0.6) is 5.75 Å². The van der Waals surface area contributed by atoms with Gasteiger partial charge in [-0.05, 0) is 52.3 Å². The number of para-hydroxylation sites is 1. The fourth-order valence-corrected chi connectivity index (χ4v) is 6.12. The number of benzene rings is 1. The van der Waals surface area contributed by atoms with Gasteiger partial charge in [0, 0.05) is 12.1 Å². The van der Waals surface area contributed by atoms with Crippen LogP contribution in [0.25, 0.3) is 20.8 Å². The van der Waals surface area contributed by atoms with Crippen molar-refractivity contribution in [2.75, 3.05) is 23.8 Å². The van der Waals surface area contributed by atoms with Gasteiger partial charge >= 0.3 is 0 Å². The van der Waals surface area contributed by atoms with E-state index in [9.17, 15) is 15.3 Å². The molecule has 5 rings (SSSR count). The third kappa shape index (κ3) is 5.81. The first kappa shape index (κ1) is 27.2. The largest absolute Gasteiger partial charge is 0.492 e. The van der Waals surface area contributed by atoms with Gasteiger partial charge in [0.25, 0.3) is 0 Å². The van der Waals surface area contributed by atoms with Crippen LogP contribution in [0.4, 0.5) is 11.8 Å². The number of ether oxygens (including phenoxy) is 1. The number of rotatable bonds is 9. The summed E-state index contributed by atoms with van der Waals surface area (Å²) in [4.78, 5) is 18.7. The van der Waals surface area contributed by atoms with Crippen molar-refractivity contribution in [2.45, 2.75) is 58.0 Å². The van der Waals surface area contributed by atoms with Gasteiger partial charge in [0.1, 0.15) is 34.8 Å². The van der Waals surface area contributed by atoms with Crippen LogP contribution in [0.2, 0.25) is 0 Å². The van der Waals surface area contributed by atoms with Gasteiger partial charge in [0.2, 0.25) is 5.95 Å². The lowest BCUT2D eigenvalue weighted by molar-refractivity contribution is -0.0601. The predicted molar refractivity (Wildman–Crippen MR) is 152 cm³/mol. The molecule has 39 heavy (non-hydrogen) atoms. The Labute approximate surface area is 231 Å². The number of nitrogens with zero attached hydrogens (tertiary/aromatic N) is 4. The molecule has 4 aromatic rings. The summed E-state index contributed by atoms with van der Waals surface area (Å²) in [7, 11) is 0. The van der Waals surface area contributed by atoms with Crippen LogP contribution in [0.15, 0.2) is 42.6 Å². The lowest BCUT2D eigenvalue weighted by Gasteiger charge is -2.28. The number of nitrogens with one attached hydrogen (secondary N) is 2. The van der Waals surface area contributed by atoms with Crippen molar-refractivity contribution in [3.8, 4) is 16.3 Å². The van der Waals surface area contributed by atoms with Gasteiger partial charge in [-0.3, -0.25) is 4.98 Å². The van der Waals surface area contributed by atoms with Crippen LogP contribution in [0, 0.1) is 19.8 Å². The van der Waals surface area contributed by atoms with E-state index in [0.717, 1.165) is 32.2 Å². The molecule has 3 aromatic heterocycles. The first-order valence-electron chi connectivity index (χ1n) is 13.0. The fourth-order valence-electron chi connectivity index (χ4n) is 5.00. The van der Waals surface area contributed by atoms with Gasteiger partial charge in [0.15, 0.2) is 0 Å². The smallest absolute Gasteiger partial charge is 0.225 e. The molecule has 1 aliphatic carbocycles. The van der Waals surface area contributed by atoms with Crippen LogP contribution in [0.1, 0.15) is 31.7 Å². The minimum absolute atomic E-state index is 0.366. The van der Waals surface area contributed by atoms with E-state index < -0.39 is 29.8 Å². The fraction of sp³-hybridized carbons (Fsp3) is 0.429. The molecule has 0 radical (unpaired) electrons. The molecule has 5 N–H and O–H groups in total. The summed E-state index contributed by atoms with van der Waals surface area (Å²) in [6.45, 7) is 8.00. The summed E-state index contributed by atoms with van der Waals surface area (Å²) in [6, 6.07) is 11.0. The normalized spacial score (nSPS) is 21.3. The molecule has 4 atom stereocenters. The first-order chi connectivity index (χ1) is 18.6. The van der Waals surface area contributed by atoms with Crippen LogP contribution < -0.4 is 15.4 Å². The van der Waals surface area contributed by atoms with Gasteiger partial charge in [-0.15, -0.1) is 11.3 Å². The van der Waals surface area contributed by atoms with Crippen molar-refractivity contribution in [2.24, 2.45) is 5.92 Å². The molecule has 0 spiro atoms. The predicted octanol–water partition coefficient (Wildman–Crippen LogP) is 3.55. The van der Waals surface area contributed by atoms with Crippen molar-refractivity contribution in [3.05, 3.63) is 54.0 Å². The maximum atomic E-state index is 10.9. The van der Waals surface area contributed by atoms with E-state index in [2.05, 4.69) is 15.6 Å². The maximum absolute atomic E-state index is 10.9. The first-order valence-corrected chi connectivity index (χ1v) is 13.8. The zero-order valence-electron chi connectivity index (χ0n) is 22.4. The molecule has 10 nitrogen and oxygen atoms in total. The lowest BCUT2D eigenvalue weighted by Crippen LogP contribution is -2.40. The molecular weight excluding hydrogens is 516 g/mol. The molecule has 1 unspecified atom stereocenters. The molecule has 0 aliphatic heterocycles. The quantitative estimate of drug-likeness (QED) is 0.196. The molecule has 206 valence electrons. The molecule has 1 aliphatic rings. The number of thiazole rings is 1. The van der Waals surface area contributed by atoms with Crippen molar-refractivity contribution in [1.82, 2.24) is 19.9 Å².